The van der Waals surface area contributed by atoms with Crippen LogP contribution < -0.4 is 10.1 Å². The zero-order chi connectivity index (χ0) is 15.6. The van der Waals surface area contributed by atoms with Gasteiger partial charge in [-0.25, -0.2) is 4.68 Å². The van der Waals surface area contributed by atoms with Gasteiger partial charge in [0.25, 0.3) is 0 Å². The Morgan fingerprint density at radius 1 is 1.29 bits per heavy atom. The second-order valence-electron chi connectivity index (χ2n) is 5.21. The van der Waals surface area contributed by atoms with Crippen LogP contribution >= 0.6 is 23.2 Å². The predicted octanol–water partition coefficient (Wildman–Crippen LogP) is 4.33. The van der Waals surface area contributed by atoms with Crippen molar-refractivity contribution in [3.8, 4) is 11.6 Å². The lowest BCUT2D eigenvalue weighted by Gasteiger charge is -2.11. The first-order chi connectivity index (χ1) is 9.88. The number of benzene rings is 1. The molecule has 1 aromatic carbocycles. The number of aromatic nitrogens is 2. The van der Waals surface area contributed by atoms with Gasteiger partial charge in [-0.3, -0.25) is 0 Å². The van der Waals surface area contributed by atoms with Crippen molar-refractivity contribution >= 4 is 23.2 Å². The van der Waals surface area contributed by atoms with Gasteiger partial charge in [-0.1, -0.05) is 37.0 Å². The van der Waals surface area contributed by atoms with Gasteiger partial charge in [-0.2, -0.15) is 5.10 Å². The summed E-state index contributed by atoms with van der Waals surface area (Å²) in [5, 5.41) is 8.77. The van der Waals surface area contributed by atoms with Gasteiger partial charge in [0.15, 0.2) is 0 Å². The van der Waals surface area contributed by atoms with Crippen LogP contribution in [-0.4, -0.2) is 15.8 Å². The van der Waals surface area contributed by atoms with Crippen LogP contribution in [0, 0.1) is 6.92 Å². The van der Waals surface area contributed by atoms with Gasteiger partial charge >= 0.3 is 0 Å². The number of ether oxygens (including phenoxy) is 1. The molecule has 1 heterocycles. The van der Waals surface area contributed by atoms with E-state index in [0.717, 1.165) is 11.3 Å². The molecule has 0 fully saturated rings. The van der Waals surface area contributed by atoms with Crippen LogP contribution in [0.25, 0.3) is 0 Å². The summed E-state index contributed by atoms with van der Waals surface area (Å²) >= 11 is 11.9. The highest BCUT2D eigenvalue weighted by molar-refractivity contribution is 6.42. The lowest BCUT2D eigenvalue weighted by molar-refractivity contribution is 0.422. The van der Waals surface area contributed by atoms with E-state index in [9.17, 15) is 0 Å². The Labute approximate surface area is 135 Å². The Balaban J connectivity index is 2.28. The molecule has 0 aliphatic heterocycles. The normalized spacial score (nSPS) is 11.2. The fourth-order valence-corrected chi connectivity index (χ4v) is 2.26. The first-order valence-electron chi connectivity index (χ1n) is 6.77. The van der Waals surface area contributed by atoms with Crippen molar-refractivity contribution in [3.63, 3.8) is 0 Å². The third-order valence-electron chi connectivity index (χ3n) is 3.08. The molecule has 0 amide bonds. The summed E-state index contributed by atoms with van der Waals surface area (Å²) < 4.78 is 7.68. The average molecular weight is 328 g/mol. The van der Waals surface area contributed by atoms with Crippen molar-refractivity contribution in [1.29, 1.82) is 0 Å². The average Bonchev–Trinajstić information content (AvgIpc) is 2.66. The number of rotatable bonds is 5. The Hall–Kier alpha value is -1.23. The van der Waals surface area contributed by atoms with Crippen molar-refractivity contribution in [2.75, 3.05) is 0 Å². The van der Waals surface area contributed by atoms with E-state index in [4.69, 9.17) is 27.9 Å². The van der Waals surface area contributed by atoms with Gasteiger partial charge in [0.05, 0.1) is 21.3 Å². The topological polar surface area (TPSA) is 39.1 Å². The van der Waals surface area contributed by atoms with E-state index in [1.54, 1.807) is 22.9 Å². The minimum atomic E-state index is 0.391. The maximum Gasteiger partial charge on any atom is 0.222 e. The number of halogens is 2. The van der Waals surface area contributed by atoms with Gasteiger partial charge in [-0.05, 0) is 19.1 Å². The summed E-state index contributed by atoms with van der Waals surface area (Å²) in [6.45, 7) is 6.88. The number of nitrogens with one attached hydrogen (secondary N) is 1. The molecule has 2 aromatic rings. The van der Waals surface area contributed by atoms with E-state index < -0.39 is 0 Å². The number of aryl methyl sites for hydroxylation is 2. The summed E-state index contributed by atoms with van der Waals surface area (Å²) in [6.07, 6.45) is 0. The number of hydrogen-bond donors (Lipinski definition) is 1. The van der Waals surface area contributed by atoms with Gasteiger partial charge in [0, 0.05) is 25.7 Å². The van der Waals surface area contributed by atoms with Gasteiger partial charge in [-0.15, -0.1) is 0 Å². The fourth-order valence-electron chi connectivity index (χ4n) is 1.97. The van der Waals surface area contributed by atoms with Crippen molar-refractivity contribution in [1.82, 2.24) is 15.1 Å². The van der Waals surface area contributed by atoms with Crippen LogP contribution in [0.3, 0.4) is 0 Å². The molecular formula is C15H19Cl2N3O. The van der Waals surface area contributed by atoms with E-state index in [2.05, 4.69) is 24.3 Å². The van der Waals surface area contributed by atoms with Crippen molar-refractivity contribution in [2.45, 2.75) is 33.4 Å². The second kappa shape index (κ2) is 6.69. The summed E-state index contributed by atoms with van der Waals surface area (Å²) in [5.74, 6) is 1.34. The summed E-state index contributed by atoms with van der Waals surface area (Å²) in [4.78, 5) is 0. The summed E-state index contributed by atoms with van der Waals surface area (Å²) in [6, 6.07) is 5.60. The molecule has 0 saturated heterocycles. The third-order valence-corrected chi connectivity index (χ3v) is 3.82. The SMILES string of the molecule is Cc1nn(C)c(Oc2ccc(Cl)c(Cl)c2)c1CNC(C)C. The smallest absolute Gasteiger partial charge is 0.222 e. The molecule has 4 nitrogen and oxygen atoms in total. The van der Waals surface area contributed by atoms with Crippen LogP contribution in [0.15, 0.2) is 18.2 Å². The Morgan fingerprint density at radius 2 is 2.00 bits per heavy atom. The first-order valence-corrected chi connectivity index (χ1v) is 7.53. The van der Waals surface area contributed by atoms with E-state index in [0.29, 0.717) is 34.3 Å². The molecular weight excluding hydrogens is 309 g/mol. The van der Waals surface area contributed by atoms with Gasteiger partial charge < -0.3 is 10.1 Å². The van der Waals surface area contributed by atoms with E-state index in [-0.39, 0.29) is 0 Å². The van der Waals surface area contributed by atoms with Gasteiger partial charge in [0.2, 0.25) is 5.88 Å². The molecule has 0 aliphatic carbocycles. The van der Waals surface area contributed by atoms with E-state index in [1.807, 2.05) is 14.0 Å². The molecule has 0 aliphatic rings. The minimum Gasteiger partial charge on any atom is -0.439 e. The van der Waals surface area contributed by atoms with E-state index >= 15 is 0 Å². The Morgan fingerprint density at radius 3 is 2.62 bits per heavy atom. The first kappa shape index (κ1) is 16.1. The molecule has 0 radical (unpaired) electrons. The largest absolute Gasteiger partial charge is 0.439 e. The molecule has 114 valence electrons. The van der Waals surface area contributed by atoms with E-state index in [1.165, 1.54) is 0 Å². The lowest BCUT2D eigenvalue weighted by atomic mass is 10.2. The molecule has 0 bridgehead atoms. The molecule has 1 N–H and O–H groups in total. The molecule has 1 aromatic heterocycles. The maximum absolute atomic E-state index is 6.02. The Kier molecular flexibility index (Phi) is 5.14. The van der Waals surface area contributed by atoms with Crippen molar-refractivity contribution in [2.24, 2.45) is 7.05 Å². The standard InChI is InChI=1S/C15H19Cl2N3O/c1-9(2)18-8-12-10(3)19-20(4)15(12)21-11-5-6-13(16)14(17)7-11/h5-7,9,18H,8H2,1-4H3. The molecule has 6 heteroatoms. The molecule has 0 atom stereocenters. The third kappa shape index (κ3) is 3.90. The van der Waals surface area contributed by atoms with Crippen molar-refractivity contribution < 1.29 is 4.74 Å². The lowest BCUT2D eigenvalue weighted by Crippen LogP contribution is -2.22. The van der Waals surface area contributed by atoms with Crippen LogP contribution in [0.5, 0.6) is 11.6 Å². The molecule has 2 rings (SSSR count). The zero-order valence-electron chi connectivity index (χ0n) is 12.6. The number of hydrogen-bond acceptors (Lipinski definition) is 3. The second-order valence-corrected chi connectivity index (χ2v) is 6.02. The molecule has 0 spiro atoms. The van der Waals surface area contributed by atoms with Crippen LogP contribution in [0.2, 0.25) is 10.0 Å². The van der Waals surface area contributed by atoms with Crippen LogP contribution in [-0.2, 0) is 13.6 Å². The van der Waals surface area contributed by atoms with Crippen LogP contribution in [0.1, 0.15) is 25.1 Å². The maximum atomic E-state index is 6.02. The molecule has 0 saturated carbocycles. The highest BCUT2D eigenvalue weighted by Crippen LogP contribution is 2.31. The number of nitrogens with zero attached hydrogens (tertiary/aromatic N) is 2. The quantitative estimate of drug-likeness (QED) is 0.888. The highest BCUT2D eigenvalue weighted by Gasteiger charge is 2.16. The predicted molar refractivity (Wildman–Crippen MR) is 86.5 cm³/mol. The van der Waals surface area contributed by atoms with Crippen molar-refractivity contribution in [3.05, 3.63) is 39.5 Å². The Bertz CT molecular complexity index is 638. The zero-order valence-corrected chi connectivity index (χ0v) is 14.1. The summed E-state index contributed by atoms with van der Waals surface area (Å²) in [5.41, 5.74) is 1.98. The molecule has 0 unspecified atom stereocenters. The van der Waals surface area contributed by atoms with Gasteiger partial charge in [0.1, 0.15) is 5.75 Å². The summed E-state index contributed by atoms with van der Waals surface area (Å²) in [7, 11) is 1.86. The fraction of sp³-hybridized carbons (Fsp3) is 0.400. The molecule has 21 heavy (non-hydrogen) atoms. The van der Waals surface area contributed by atoms with Crippen LogP contribution in [0.4, 0.5) is 0 Å². The monoisotopic (exact) mass is 327 g/mol. The highest BCUT2D eigenvalue weighted by atomic mass is 35.5. The minimum absolute atomic E-state index is 0.391.